The van der Waals surface area contributed by atoms with Crippen molar-refractivity contribution in [1.29, 1.82) is 0 Å². The maximum absolute atomic E-state index is 5.84. The van der Waals surface area contributed by atoms with Crippen molar-refractivity contribution < 1.29 is 9.47 Å². The van der Waals surface area contributed by atoms with E-state index in [2.05, 4.69) is 25.1 Å². The van der Waals surface area contributed by atoms with Crippen molar-refractivity contribution in [2.45, 2.75) is 13.5 Å². The van der Waals surface area contributed by atoms with Gasteiger partial charge in [0.15, 0.2) is 11.5 Å². The molecule has 0 saturated heterocycles. The van der Waals surface area contributed by atoms with E-state index in [9.17, 15) is 0 Å². The van der Waals surface area contributed by atoms with Crippen molar-refractivity contribution in [3.63, 3.8) is 0 Å². The van der Waals surface area contributed by atoms with Crippen LogP contribution in [0, 0.1) is 6.92 Å². The molecule has 2 rings (SSSR count). The highest BCUT2D eigenvalue weighted by molar-refractivity contribution is 5.71. The van der Waals surface area contributed by atoms with Gasteiger partial charge in [-0.05, 0) is 35.7 Å². The Labute approximate surface area is 114 Å². The van der Waals surface area contributed by atoms with Gasteiger partial charge in [0.05, 0.1) is 14.2 Å². The predicted octanol–water partition coefficient (Wildman–Crippen LogP) is 3.14. The first-order valence-corrected chi connectivity index (χ1v) is 6.21. The highest BCUT2D eigenvalue weighted by Gasteiger charge is 2.11. The molecule has 3 heteroatoms. The summed E-state index contributed by atoms with van der Waals surface area (Å²) in [6.07, 6.45) is 0. The largest absolute Gasteiger partial charge is 0.493 e. The van der Waals surface area contributed by atoms with Gasteiger partial charge in [-0.2, -0.15) is 0 Å². The van der Waals surface area contributed by atoms with Gasteiger partial charge >= 0.3 is 0 Å². The van der Waals surface area contributed by atoms with E-state index in [1.54, 1.807) is 14.2 Å². The number of aryl methyl sites for hydroxylation is 1. The molecule has 0 aromatic heterocycles. The minimum atomic E-state index is 0.462. The Hall–Kier alpha value is -2.00. The Morgan fingerprint density at radius 2 is 1.68 bits per heavy atom. The van der Waals surface area contributed by atoms with Crippen LogP contribution in [0.15, 0.2) is 36.4 Å². The number of benzene rings is 2. The predicted molar refractivity (Wildman–Crippen MR) is 77.6 cm³/mol. The number of methoxy groups -OCH3 is 2. The quantitative estimate of drug-likeness (QED) is 0.915. The van der Waals surface area contributed by atoms with Gasteiger partial charge in [-0.1, -0.05) is 29.8 Å². The number of ether oxygens (including phenoxy) is 2. The monoisotopic (exact) mass is 257 g/mol. The van der Waals surface area contributed by atoms with Crippen molar-refractivity contribution >= 4 is 0 Å². The normalized spacial score (nSPS) is 10.3. The summed E-state index contributed by atoms with van der Waals surface area (Å²) in [6, 6.07) is 12.3. The molecule has 3 nitrogen and oxygen atoms in total. The van der Waals surface area contributed by atoms with Crippen molar-refractivity contribution in [1.82, 2.24) is 0 Å². The molecule has 0 aliphatic carbocycles. The van der Waals surface area contributed by atoms with Crippen LogP contribution in [0.1, 0.15) is 11.1 Å². The lowest BCUT2D eigenvalue weighted by Crippen LogP contribution is -2.01. The molecule has 0 fully saturated rings. The van der Waals surface area contributed by atoms with Gasteiger partial charge in [-0.15, -0.1) is 0 Å². The van der Waals surface area contributed by atoms with Gasteiger partial charge in [-0.3, -0.25) is 0 Å². The minimum Gasteiger partial charge on any atom is -0.493 e. The summed E-state index contributed by atoms with van der Waals surface area (Å²) in [4.78, 5) is 0. The molecular weight excluding hydrogens is 238 g/mol. The van der Waals surface area contributed by atoms with E-state index in [1.807, 2.05) is 18.2 Å². The van der Waals surface area contributed by atoms with E-state index < -0.39 is 0 Å². The maximum atomic E-state index is 5.84. The zero-order chi connectivity index (χ0) is 13.8. The first kappa shape index (κ1) is 13.4. The standard InChI is InChI=1S/C16H19NO2/c1-11-5-4-6-12(7-11)14-9-16(19-3)15(18-2)8-13(14)10-17/h4-9H,10,17H2,1-3H3. The molecule has 2 aromatic carbocycles. The molecule has 0 aliphatic rings. The molecule has 0 aliphatic heterocycles. The second-order valence-electron chi connectivity index (χ2n) is 4.44. The third kappa shape index (κ3) is 2.71. The zero-order valence-corrected chi connectivity index (χ0v) is 11.6. The maximum Gasteiger partial charge on any atom is 0.161 e. The van der Waals surface area contributed by atoms with Crippen LogP contribution in [-0.2, 0) is 6.54 Å². The fourth-order valence-corrected chi connectivity index (χ4v) is 2.17. The fourth-order valence-electron chi connectivity index (χ4n) is 2.17. The molecule has 0 spiro atoms. The van der Waals surface area contributed by atoms with Gasteiger partial charge in [0.25, 0.3) is 0 Å². The molecule has 0 heterocycles. The van der Waals surface area contributed by atoms with Crippen LogP contribution in [0.4, 0.5) is 0 Å². The second-order valence-corrected chi connectivity index (χ2v) is 4.44. The average molecular weight is 257 g/mol. The second kappa shape index (κ2) is 5.76. The average Bonchev–Trinajstić information content (AvgIpc) is 2.45. The molecule has 0 atom stereocenters. The summed E-state index contributed by atoms with van der Waals surface area (Å²) in [5.41, 5.74) is 10.3. The van der Waals surface area contributed by atoms with Crippen LogP contribution in [0.25, 0.3) is 11.1 Å². The Balaban J connectivity index is 2.61. The summed E-state index contributed by atoms with van der Waals surface area (Å²) in [6.45, 7) is 2.54. The Morgan fingerprint density at radius 3 is 2.26 bits per heavy atom. The molecule has 0 radical (unpaired) electrons. The van der Waals surface area contributed by atoms with Crippen molar-refractivity contribution in [2.24, 2.45) is 5.73 Å². The van der Waals surface area contributed by atoms with Gasteiger partial charge in [0.1, 0.15) is 0 Å². The van der Waals surface area contributed by atoms with E-state index in [4.69, 9.17) is 15.2 Å². The third-order valence-corrected chi connectivity index (χ3v) is 3.16. The van der Waals surface area contributed by atoms with Gasteiger partial charge < -0.3 is 15.2 Å². The van der Waals surface area contributed by atoms with E-state index in [0.29, 0.717) is 12.3 Å². The van der Waals surface area contributed by atoms with E-state index >= 15 is 0 Å². The number of nitrogens with two attached hydrogens (primary N) is 1. The Bertz CT molecular complexity index is 579. The summed E-state index contributed by atoms with van der Waals surface area (Å²) in [5, 5.41) is 0. The lowest BCUT2D eigenvalue weighted by Gasteiger charge is -2.14. The number of hydrogen-bond acceptors (Lipinski definition) is 3. The zero-order valence-electron chi connectivity index (χ0n) is 11.6. The summed E-state index contributed by atoms with van der Waals surface area (Å²) < 4.78 is 10.7. The van der Waals surface area contributed by atoms with E-state index in [0.717, 1.165) is 22.4 Å². The van der Waals surface area contributed by atoms with Gasteiger partial charge in [0.2, 0.25) is 0 Å². The molecule has 100 valence electrons. The topological polar surface area (TPSA) is 44.5 Å². The smallest absolute Gasteiger partial charge is 0.161 e. The lowest BCUT2D eigenvalue weighted by molar-refractivity contribution is 0.354. The molecule has 0 amide bonds. The molecule has 2 N–H and O–H groups in total. The van der Waals surface area contributed by atoms with Crippen molar-refractivity contribution in [2.75, 3.05) is 14.2 Å². The number of rotatable bonds is 4. The van der Waals surface area contributed by atoms with Crippen LogP contribution in [0.5, 0.6) is 11.5 Å². The summed E-state index contributed by atoms with van der Waals surface area (Å²) in [5.74, 6) is 1.43. The van der Waals surface area contributed by atoms with Crippen LogP contribution in [0.2, 0.25) is 0 Å². The molecule has 2 aromatic rings. The first-order chi connectivity index (χ1) is 9.19. The Kier molecular flexibility index (Phi) is 4.07. The van der Waals surface area contributed by atoms with Crippen LogP contribution in [0.3, 0.4) is 0 Å². The molecule has 0 bridgehead atoms. The van der Waals surface area contributed by atoms with Gasteiger partial charge in [0, 0.05) is 6.54 Å². The van der Waals surface area contributed by atoms with Gasteiger partial charge in [-0.25, -0.2) is 0 Å². The van der Waals surface area contributed by atoms with Crippen molar-refractivity contribution in [3.05, 3.63) is 47.5 Å². The SMILES string of the molecule is COc1cc(CN)c(-c2cccc(C)c2)cc1OC. The molecule has 0 unspecified atom stereocenters. The van der Waals surface area contributed by atoms with E-state index in [-0.39, 0.29) is 0 Å². The number of hydrogen-bond donors (Lipinski definition) is 1. The van der Waals surface area contributed by atoms with Crippen LogP contribution >= 0.6 is 0 Å². The summed E-state index contributed by atoms with van der Waals surface area (Å²) in [7, 11) is 3.27. The highest BCUT2D eigenvalue weighted by atomic mass is 16.5. The lowest BCUT2D eigenvalue weighted by atomic mass is 9.97. The first-order valence-electron chi connectivity index (χ1n) is 6.21. The molecule has 0 saturated carbocycles. The summed E-state index contributed by atoms with van der Waals surface area (Å²) >= 11 is 0. The van der Waals surface area contributed by atoms with E-state index in [1.165, 1.54) is 5.56 Å². The van der Waals surface area contributed by atoms with Crippen LogP contribution in [-0.4, -0.2) is 14.2 Å². The fraction of sp³-hybridized carbons (Fsp3) is 0.250. The third-order valence-electron chi connectivity index (χ3n) is 3.16. The Morgan fingerprint density at radius 1 is 1.00 bits per heavy atom. The molecule has 19 heavy (non-hydrogen) atoms. The molecular formula is C16H19NO2. The minimum absolute atomic E-state index is 0.462. The van der Waals surface area contributed by atoms with Crippen LogP contribution < -0.4 is 15.2 Å². The highest BCUT2D eigenvalue weighted by Crippen LogP contribution is 2.35. The van der Waals surface area contributed by atoms with Crippen molar-refractivity contribution in [3.8, 4) is 22.6 Å².